The standard InChI is InChI=1S/C17H23F3N4O2/c1-3-15(25)24-8-7-11(10-24)23-17(21-2)22-9-12-13(18)5-4-6-14(12)26-16(19)20/h4-6,11,16H,3,7-10H2,1-2H3,(H2,21,22,23). The summed E-state index contributed by atoms with van der Waals surface area (Å²) in [5.74, 6) is -0.375. The zero-order valence-corrected chi connectivity index (χ0v) is 14.8. The van der Waals surface area contributed by atoms with E-state index in [1.807, 2.05) is 6.92 Å². The number of guanidine groups is 1. The molecule has 1 aromatic rings. The number of alkyl halides is 2. The van der Waals surface area contributed by atoms with Crippen LogP contribution in [0.25, 0.3) is 0 Å². The maximum Gasteiger partial charge on any atom is 0.387 e. The lowest BCUT2D eigenvalue weighted by atomic mass is 10.2. The number of carbonyl (C=O) groups is 1. The molecule has 1 aliphatic heterocycles. The third-order valence-corrected chi connectivity index (χ3v) is 4.13. The Kier molecular flexibility index (Phi) is 7.11. The van der Waals surface area contributed by atoms with E-state index in [1.165, 1.54) is 18.2 Å². The molecule has 1 unspecified atom stereocenters. The number of amides is 1. The number of nitrogens with zero attached hydrogens (tertiary/aromatic N) is 2. The fourth-order valence-corrected chi connectivity index (χ4v) is 2.81. The van der Waals surface area contributed by atoms with Crippen LogP contribution < -0.4 is 15.4 Å². The molecule has 0 aromatic heterocycles. The minimum atomic E-state index is -3.03. The maximum absolute atomic E-state index is 14.0. The molecule has 0 radical (unpaired) electrons. The van der Waals surface area contributed by atoms with E-state index in [-0.39, 0.29) is 29.8 Å². The second-order valence-corrected chi connectivity index (χ2v) is 5.84. The summed E-state index contributed by atoms with van der Waals surface area (Å²) in [7, 11) is 1.55. The van der Waals surface area contributed by atoms with E-state index in [2.05, 4.69) is 20.4 Å². The summed E-state index contributed by atoms with van der Waals surface area (Å²) < 4.78 is 43.3. The summed E-state index contributed by atoms with van der Waals surface area (Å²) in [6, 6.07) is 3.79. The molecule has 1 atom stereocenters. The Hall–Kier alpha value is -2.45. The van der Waals surface area contributed by atoms with Crippen molar-refractivity contribution in [2.75, 3.05) is 20.1 Å². The Labute approximate surface area is 150 Å². The van der Waals surface area contributed by atoms with Gasteiger partial charge in [-0.05, 0) is 18.6 Å². The van der Waals surface area contributed by atoms with Gasteiger partial charge in [0.25, 0.3) is 0 Å². The van der Waals surface area contributed by atoms with Crippen LogP contribution >= 0.6 is 0 Å². The predicted octanol–water partition coefficient (Wildman–Crippen LogP) is 2.10. The largest absolute Gasteiger partial charge is 0.434 e. The van der Waals surface area contributed by atoms with Crippen LogP contribution in [0.15, 0.2) is 23.2 Å². The molecule has 2 N–H and O–H groups in total. The molecule has 0 saturated carbocycles. The van der Waals surface area contributed by atoms with Crippen LogP contribution in [-0.4, -0.2) is 49.6 Å². The van der Waals surface area contributed by atoms with Gasteiger partial charge < -0.3 is 20.3 Å². The average molecular weight is 372 g/mol. The van der Waals surface area contributed by atoms with Gasteiger partial charge in [-0.25, -0.2) is 4.39 Å². The molecule has 2 rings (SSSR count). The molecular formula is C17H23F3N4O2. The molecule has 0 aliphatic carbocycles. The number of benzene rings is 1. The van der Waals surface area contributed by atoms with Crippen LogP contribution in [0.1, 0.15) is 25.3 Å². The first-order chi connectivity index (χ1) is 12.4. The third kappa shape index (κ3) is 5.27. The molecule has 6 nitrogen and oxygen atoms in total. The third-order valence-electron chi connectivity index (χ3n) is 4.13. The highest BCUT2D eigenvalue weighted by molar-refractivity contribution is 5.80. The summed E-state index contributed by atoms with van der Waals surface area (Å²) in [4.78, 5) is 17.6. The molecule has 9 heteroatoms. The van der Waals surface area contributed by atoms with Crippen molar-refractivity contribution in [2.24, 2.45) is 4.99 Å². The number of ether oxygens (including phenoxy) is 1. The molecule has 0 bridgehead atoms. The van der Waals surface area contributed by atoms with Crippen molar-refractivity contribution < 1.29 is 22.7 Å². The van der Waals surface area contributed by atoms with Crippen molar-refractivity contribution in [1.82, 2.24) is 15.5 Å². The van der Waals surface area contributed by atoms with Crippen LogP contribution in [0.2, 0.25) is 0 Å². The van der Waals surface area contributed by atoms with E-state index in [0.717, 1.165) is 6.42 Å². The van der Waals surface area contributed by atoms with Gasteiger partial charge in [-0.1, -0.05) is 13.0 Å². The quantitative estimate of drug-likeness (QED) is 0.593. The number of nitrogens with one attached hydrogen (secondary N) is 2. The number of hydrogen-bond donors (Lipinski definition) is 2. The van der Waals surface area contributed by atoms with E-state index in [9.17, 15) is 18.0 Å². The summed E-state index contributed by atoms with van der Waals surface area (Å²) in [5, 5.41) is 6.05. The van der Waals surface area contributed by atoms with Gasteiger partial charge in [-0.15, -0.1) is 0 Å². The summed E-state index contributed by atoms with van der Waals surface area (Å²) in [5.41, 5.74) is -0.00930. The highest BCUT2D eigenvalue weighted by Crippen LogP contribution is 2.23. The highest BCUT2D eigenvalue weighted by Gasteiger charge is 2.26. The van der Waals surface area contributed by atoms with Gasteiger partial charge in [-0.2, -0.15) is 8.78 Å². The van der Waals surface area contributed by atoms with Crippen LogP contribution in [0.4, 0.5) is 13.2 Å². The average Bonchev–Trinajstić information content (AvgIpc) is 3.07. The Morgan fingerprint density at radius 2 is 2.23 bits per heavy atom. The minimum absolute atomic E-state index is 0.00930. The van der Waals surface area contributed by atoms with Crippen molar-refractivity contribution in [3.8, 4) is 5.75 Å². The molecule has 1 aromatic carbocycles. The molecule has 1 fully saturated rings. The number of halogens is 3. The van der Waals surface area contributed by atoms with Crippen molar-refractivity contribution >= 4 is 11.9 Å². The highest BCUT2D eigenvalue weighted by atomic mass is 19.3. The Morgan fingerprint density at radius 3 is 2.88 bits per heavy atom. The first kappa shape index (κ1) is 19.9. The van der Waals surface area contributed by atoms with Crippen LogP contribution in [-0.2, 0) is 11.3 Å². The Morgan fingerprint density at radius 1 is 1.46 bits per heavy atom. The fraction of sp³-hybridized carbons (Fsp3) is 0.529. The number of hydrogen-bond acceptors (Lipinski definition) is 3. The van der Waals surface area contributed by atoms with Crippen LogP contribution in [0.3, 0.4) is 0 Å². The van der Waals surface area contributed by atoms with Crippen molar-refractivity contribution in [3.05, 3.63) is 29.6 Å². The smallest absolute Gasteiger partial charge is 0.387 e. The molecule has 1 saturated heterocycles. The lowest BCUT2D eigenvalue weighted by Gasteiger charge is -2.19. The summed E-state index contributed by atoms with van der Waals surface area (Å²) in [6.45, 7) is -0.0579. The van der Waals surface area contributed by atoms with Crippen LogP contribution in [0, 0.1) is 5.82 Å². The van der Waals surface area contributed by atoms with Crippen molar-refractivity contribution in [1.29, 1.82) is 0 Å². The predicted molar refractivity (Wildman–Crippen MR) is 91.6 cm³/mol. The van der Waals surface area contributed by atoms with Gasteiger partial charge in [0.05, 0.1) is 0 Å². The van der Waals surface area contributed by atoms with E-state index >= 15 is 0 Å². The topological polar surface area (TPSA) is 66.0 Å². The van der Waals surface area contributed by atoms with Crippen molar-refractivity contribution in [3.63, 3.8) is 0 Å². The lowest BCUT2D eigenvalue weighted by molar-refractivity contribution is -0.129. The summed E-state index contributed by atoms with van der Waals surface area (Å²) in [6.07, 6.45) is 1.23. The van der Waals surface area contributed by atoms with E-state index in [0.29, 0.717) is 25.5 Å². The second kappa shape index (κ2) is 9.30. The molecule has 1 heterocycles. The number of likely N-dealkylation sites (tertiary alicyclic amines) is 1. The van der Waals surface area contributed by atoms with Gasteiger partial charge in [0.2, 0.25) is 5.91 Å². The lowest BCUT2D eigenvalue weighted by Crippen LogP contribution is -2.44. The van der Waals surface area contributed by atoms with Gasteiger partial charge in [0.15, 0.2) is 5.96 Å². The number of aliphatic imine (C=N–C) groups is 1. The molecule has 26 heavy (non-hydrogen) atoms. The summed E-state index contributed by atoms with van der Waals surface area (Å²) >= 11 is 0. The molecule has 1 aliphatic rings. The normalized spacial score (nSPS) is 17.5. The fourth-order valence-electron chi connectivity index (χ4n) is 2.81. The van der Waals surface area contributed by atoms with E-state index in [4.69, 9.17) is 0 Å². The first-order valence-electron chi connectivity index (χ1n) is 8.41. The zero-order valence-electron chi connectivity index (χ0n) is 14.8. The van der Waals surface area contributed by atoms with Gasteiger partial charge in [0, 0.05) is 44.7 Å². The maximum atomic E-state index is 14.0. The number of rotatable bonds is 6. The Bertz CT molecular complexity index is 655. The molecule has 0 spiro atoms. The second-order valence-electron chi connectivity index (χ2n) is 5.84. The zero-order chi connectivity index (χ0) is 19.1. The molecular weight excluding hydrogens is 349 g/mol. The van der Waals surface area contributed by atoms with Gasteiger partial charge in [-0.3, -0.25) is 9.79 Å². The van der Waals surface area contributed by atoms with E-state index < -0.39 is 12.4 Å². The molecule has 1 amide bonds. The van der Waals surface area contributed by atoms with E-state index in [1.54, 1.807) is 11.9 Å². The number of carbonyl (C=O) groups excluding carboxylic acids is 1. The van der Waals surface area contributed by atoms with Gasteiger partial charge in [0.1, 0.15) is 11.6 Å². The SMILES string of the molecule is CCC(=O)N1CCC(NC(=NC)NCc2c(F)cccc2OC(F)F)C1. The molecule has 144 valence electrons. The van der Waals surface area contributed by atoms with Crippen molar-refractivity contribution in [2.45, 2.75) is 39.0 Å². The van der Waals surface area contributed by atoms with Crippen LogP contribution in [0.5, 0.6) is 5.75 Å². The minimum Gasteiger partial charge on any atom is -0.434 e. The monoisotopic (exact) mass is 372 g/mol. The first-order valence-corrected chi connectivity index (χ1v) is 8.41. The van der Waals surface area contributed by atoms with Gasteiger partial charge >= 0.3 is 6.61 Å². The Balaban J connectivity index is 1.95.